The summed E-state index contributed by atoms with van der Waals surface area (Å²) in [4.78, 5) is 22.7. The summed E-state index contributed by atoms with van der Waals surface area (Å²) in [5, 5.41) is 0. The Labute approximate surface area is 144 Å². The van der Waals surface area contributed by atoms with Crippen molar-refractivity contribution in [2.24, 2.45) is 5.92 Å². The minimum absolute atomic E-state index is 0.313. The molecule has 132 valence electrons. The molecule has 24 heavy (non-hydrogen) atoms. The minimum Gasteiger partial charge on any atom is -0.496 e. The topological polar surface area (TPSA) is 52.6 Å². The van der Waals surface area contributed by atoms with Gasteiger partial charge in [-0.15, -0.1) is 0 Å². The maximum Gasteiger partial charge on any atom is 0.330 e. The third kappa shape index (κ3) is 5.84. The van der Waals surface area contributed by atoms with E-state index in [9.17, 15) is 9.59 Å². The maximum absolute atomic E-state index is 11.5. The molecule has 1 rings (SSSR count). The molecule has 1 aromatic rings. The van der Waals surface area contributed by atoms with Crippen LogP contribution in [0.4, 0.5) is 0 Å². The summed E-state index contributed by atoms with van der Waals surface area (Å²) in [7, 11) is 2.97. The minimum atomic E-state index is -0.313. The SMILES string of the molecule is CCC(CC/C(C)=C/C(=O)OC)Cc1cc(C)cc(OC)c1C=O. The average Bonchev–Trinajstić information content (AvgIpc) is 2.57. The quantitative estimate of drug-likeness (QED) is 0.385. The second-order valence-electron chi connectivity index (χ2n) is 6.19. The number of carbonyl (C=O) groups is 2. The summed E-state index contributed by atoms with van der Waals surface area (Å²) >= 11 is 0. The Hall–Kier alpha value is -2.10. The first kappa shape index (κ1) is 19.9. The molecule has 0 bridgehead atoms. The first-order valence-corrected chi connectivity index (χ1v) is 8.32. The van der Waals surface area contributed by atoms with E-state index in [1.54, 1.807) is 13.2 Å². The predicted octanol–water partition coefficient (Wildman–Crippen LogP) is 4.28. The van der Waals surface area contributed by atoms with E-state index < -0.39 is 0 Å². The Morgan fingerprint density at radius 1 is 1.29 bits per heavy atom. The standard InChI is InChI=1S/C20H28O4/c1-6-16(8-7-14(2)11-20(22)24-5)12-17-9-15(3)10-19(23-4)18(17)13-21/h9-11,13,16H,6-8,12H2,1-5H3/b14-11+. The number of benzene rings is 1. The number of hydrogen-bond acceptors (Lipinski definition) is 4. The first-order chi connectivity index (χ1) is 11.4. The van der Waals surface area contributed by atoms with E-state index in [-0.39, 0.29) is 5.97 Å². The van der Waals surface area contributed by atoms with E-state index in [0.29, 0.717) is 17.2 Å². The normalized spacial score (nSPS) is 12.6. The molecule has 4 heteroatoms. The molecule has 0 fully saturated rings. The molecule has 0 aliphatic carbocycles. The molecule has 0 amide bonds. The summed E-state index contributed by atoms with van der Waals surface area (Å²) in [5.74, 6) is 0.764. The van der Waals surface area contributed by atoms with Crippen molar-refractivity contribution in [3.05, 3.63) is 40.5 Å². The number of allylic oxidation sites excluding steroid dienone is 1. The van der Waals surface area contributed by atoms with Crippen molar-refractivity contribution < 1.29 is 19.1 Å². The summed E-state index contributed by atoms with van der Waals surface area (Å²) in [5.41, 5.74) is 3.77. The van der Waals surface area contributed by atoms with Crippen molar-refractivity contribution >= 4 is 12.3 Å². The molecule has 0 aliphatic heterocycles. The van der Waals surface area contributed by atoms with Crippen molar-refractivity contribution in [2.75, 3.05) is 14.2 Å². The largest absolute Gasteiger partial charge is 0.496 e. The monoisotopic (exact) mass is 332 g/mol. The molecule has 1 atom stereocenters. The van der Waals surface area contributed by atoms with E-state index in [1.807, 2.05) is 19.9 Å². The Balaban J connectivity index is 2.85. The molecule has 0 N–H and O–H groups in total. The highest BCUT2D eigenvalue weighted by Crippen LogP contribution is 2.28. The highest BCUT2D eigenvalue weighted by Gasteiger charge is 2.15. The maximum atomic E-state index is 11.5. The highest BCUT2D eigenvalue weighted by atomic mass is 16.5. The van der Waals surface area contributed by atoms with Crippen LogP contribution < -0.4 is 4.74 Å². The van der Waals surface area contributed by atoms with Gasteiger partial charge in [0.25, 0.3) is 0 Å². The van der Waals surface area contributed by atoms with Crippen LogP contribution in [0, 0.1) is 12.8 Å². The van der Waals surface area contributed by atoms with Gasteiger partial charge in [-0.25, -0.2) is 4.79 Å². The van der Waals surface area contributed by atoms with Crippen LogP contribution in [0.15, 0.2) is 23.8 Å². The number of esters is 1. The fourth-order valence-corrected chi connectivity index (χ4v) is 2.83. The van der Waals surface area contributed by atoms with Crippen LogP contribution in [0.25, 0.3) is 0 Å². The van der Waals surface area contributed by atoms with Gasteiger partial charge in [0.15, 0.2) is 6.29 Å². The lowest BCUT2D eigenvalue weighted by Gasteiger charge is -2.18. The van der Waals surface area contributed by atoms with Gasteiger partial charge >= 0.3 is 5.97 Å². The summed E-state index contributed by atoms with van der Waals surface area (Å²) in [6, 6.07) is 3.95. The Bertz CT molecular complexity index is 602. The van der Waals surface area contributed by atoms with Gasteiger partial charge in [0.1, 0.15) is 5.75 Å². The number of aryl methyl sites for hydroxylation is 1. The molecule has 0 radical (unpaired) electrons. The molecule has 0 aromatic heterocycles. The molecule has 0 spiro atoms. The van der Waals surface area contributed by atoms with Gasteiger partial charge in [-0.05, 0) is 56.2 Å². The summed E-state index contributed by atoms with van der Waals surface area (Å²) < 4.78 is 9.99. The van der Waals surface area contributed by atoms with Crippen molar-refractivity contribution in [1.29, 1.82) is 0 Å². The lowest BCUT2D eigenvalue weighted by Crippen LogP contribution is -2.08. The smallest absolute Gasteiger partial charge is 0.330 e. The second-order valence-corrected chi connectivity index (χ2v) is 6.19. The first-order valence-electron chi connectivity index (χ1n) is 8.32. The van der Waals surface area contributed by atoms with Gasteiger partial charge in [0.05, 0.1) is 19.8 Å². The number of rotatable bonds is 9. The molecule has 0 heterocycles. The fourth-order valence-electron chi connectivity index (χ4n) is 2.83. The lowest BCUT2D eigenvalue weighted by molar-refractivity contribution is -0.134. The molecule has 0 aliphatic rings. The van der Waals surface area contributed by atoms with Gasteiger partial charge in [-0.1, -0.05) is 25.0 Å². The van der Waals surface area contributed by atoms with E-state index in [1.165, 1.54) is 7.11 Å². The number of hydrogen-bond donors (Lipinski definition) is 0. The van der Waals surface area contributed by atoms with Gasteiger partial charge in [-0.3, -0.25) is 4.79 Å². The number of carbonyl (C=O) groups excluding carboxylic acids is 2. The zero-order chi connectivity index (χ0) is 18.1. The zero-order valence-corrected chi connectivity index (χ0v) is 15.3. The van der Waals surface area contributed by atoms with E-state index in [4.69, 9.17) is 4.74 Å². The van der Waals surface area contributed by atoms with Crippen LogP contribution in [-0.4, -0.2) is 26.5 Å². The van der Waals surface area contributed by atoms with Crippen LogP contribution in [0.2, 0.25) is 0 Å². The van der Waals surface area contributed by atoms with E-state index in [2.05, 4.69) is 17.7 Å². The van der Waals surface area contributed by atoms with E-state index in [0.717, 1.165) is 48.7 Å². The molecule has 1 aromatic carbocycles. The van der Waals surface area contributed by atoms with Crippen LogP contribution in [0.1, 0.15) is 54.6 Å². The van der Waals surface area contributed by atoms with Crippen LogP contribution in [0.5, 0.6) is 5.75 Å². The number of aldehydes is 1. The van der Waals surface area contributed by atoms with Crippen molar-refractivity contribution in [3.8, 4) is 5.75 Å². The van der Waals surface area contributed by atoms with Gasteiger partial charge in [0, 0.05) is 6.08 Å². The Morgan fingerprint density at radius 2 is 2.00 bits per heavy atom. The fraction of sp³-hybridized carbons (Fsp3) is 0.500. The lowest BCUT2D eigenvalue weighted by atomic mass is 9.88. The van der Waals surface area contributed by atoms with Crippen LogP contribution in [0.3, 0.4) is 0 Å². The number of ether oxygens (including phenoxy) is 2. The molecule has 0 saturated heterocycles. The van der Waals surface area contributed by atoms with Crippen molar-refractivity contribution in [2.45, 2.75) is 46.5 Å². The van der Waals surface area contributed by atoms with Gasteiger partial charge < -0.3 is 9.47 Å². The van der Waals surface area contributed by atoms with Gasteiger partial charge in [-0.2, -0.15) is 0 Å². The predicted molar refractivity (Wildman–Crippen MR) is 95.6 cm³/mol. The zero-order valence-electron chi connectivity index (χ0n) is 15.3. The molecule has 0 saturated carbocycles. The highest BCUT2D eigenvalue weighted by molar-refractivity contribution is 5.82. The average molecular weight is 332 g/mol. The van der Waals surface area contributed by atoms with Crippen LogP contribution >= 0.6 is 0 Å². The molecular weight excluding hydrogens is 304 g/mol. The molecular formula is C20H28O4. The van der Waals surface area contributed by atoms with Gasteiger partial charge in [0.2, 0.25) is 0 Å². The third-order valence-corrected chi connectivity index (χ3v) is 4.31. The second kappa shape index (κ2) is 9.91. The third-order valence-electron chi connectivity index (χ3n) is 4.31. The Kier molecular flexibility index (Phi) is 8.24. The Morgan fingerprint density at radius 3 is 2.54 bits per heavy atom. The van der Waals surface area contributed by atoms with E-state index >= 15 is 0 Å². The van der Waals surface area contributed by atoms with Crippen molar-refractivity contribution in [1.82, 2.24) is 0 Å². The van der Waals surface area contributed by atoms with Crippen LogP contribution in [-0.2, 0) is 16.0 Å². The van der Waals surface area contributed by atoms with Crippen molar-refractivity contribution in [3.63, 3.8) is 0 Å². The summed E-state index contributed by atoms with van der Waals surface area (Å²) in [6.07, 6.45) is 6.06. The summed E-state index contributed by atoms with van der Waals surface area (Å²) in [6.45, 7) is 6.10. The number of methoxy groups -OCH3 is 2. The molecule has 4 nitrogen and oxygen atoms in total. The molecule has 1 unspecified atom stereocenters.